The molecule has 134 valence electrons. The van der Waals surface area contributed by atoms with Gasteiger partial charge in [-0.25, -0.2) is 0 Å². The summed E-state index contributed by atoms with van der Waals surface area (Å²) in [5.74, 6) is -0.477. The summed E-state index contributed by atoms with van der Waals surface area (Å²) in [5, 5.41) is 0.467. The number of benzene rings is 2. The highest BCUT2D eigenvalue weighted by Gasteiger charge is 2.37. The molecule has 1 heterocycles. The van der Waals surface area contributed by atoms with Crippen LogP contribution in [0.15, 0.2) is 42.5 Å². The minimum Gasteiger partial charge on any atom is -0.495 e. The molecule has 1 aliphatic rings. The molecule has 1 amide bonds. The summed E-state index contributed by atoms with van der Waals surface area (Å²) in [6.07, 6.45) is 0.748. The van der Waals surface area contributed by atoms with Crippen molar-refractivity contribution >= 4 is 35.5 Å². The average Bonchev–Trinajstić information content (AvgIpc) is 3.04. The van der Waals surface area contributed by atoms with Crippen LogP contribution in [-0.2, 0) is 9.59 Å². The van der Waals surface area contributed by atoms with Crippen molar-refractivity contribution in [1.82, 2.24) is 0 Å². The maximum Gasteiger partial charge on any atom is 0.316 e. The van der Waals surface area contributed by atoms with Crippen LogP contribution in [-0.4, -0.2) is 31.8 Å². The summed E-state index contributed by atoms with van der Waals surface area (Å²) in [4.78, 5) is 36.9. The fraction of sp³-hybridized carbons (Fsp3) is 0.211. The second-order valence-corrected chi connectivity index (χ2v) is 6.27. The molecule has 0 unspecified atom stereocenters. The van der Waals surface area contributed by atoms with Crippen molar-refractivity contribution in [3.05, 3.63) is 53.1 Å². The zero-order chi connectivity index (χ0) is 18.7. The van der Waals surface area contributed by atoms with Gasteiger partial charge in [-0.1, -0.05) is 11.6 Å². The van der Waals surface area contributed by atoms with E-state index in [-0.39, 0.29) is 18.9 Å². The number of methoxy groups -OCH3 is 1. The lowest BCUT2D eigenvalue weighted by atomic mass is 10.1. The molecule has 2 aromatic carbocycles. The third-order valence-electron chi connectivity index (χ3n) is 4.12. The van der Waals surface area contributed by atoms with Gasteiger partial charge in [0.2, 0.25) is 5.91 Å². The van der Waals surface area contributed by atoms with Gasteiger partial charge in [-0.05, 0) is 42.5 Å². The second kappa shape index (κ2) is 7.58. The van der Waals surface area contributed by atoms with E-state index >= 15 is 0 Å². The maximum absolute atomic E-state index is 12.4. The molecule has 0 N–H and O–H groups in total. The molecular formula is C19H16ClNO5. The highest BCUT2D eigenvalue weighted by atomic mass is 35.5. The molecule has 7 heteroatoms. The summed E-state index contributed by atoms with van der Waals surface area (Å²) in [5.41, 5.74) is 1.01. The number of aldehydes is 1. The van der Waals surface area contributed by atoms with Crippen LogP contribution >= 0.6 is 11.6 Å². The first-order chi connectivity index (χ1) is 12.5. The van der Waals surface area contributed by atoms with E-state index < -0.39 is 11.9 Å². The van der Waals surface area contributed by atoms with Crippen LogP contribution in [0.25, 0.3) is 0 Å². The van der Waals surface area contributed by atoms with E-state index in [9.17, 15) is 14.4 Å². The molecule has 2 aromatic rings. The monoisotopic (exact) mass is 373 g/mol. The molecule has 0 radical (unpaired) electrons. The lowest BCUT2D eigenvalue weighted by Crippen LogP contribution is -2.27. The predicted octanol–water partition coefficient (Wildman–Crippen LogP) is 3.12. The SMILES string of the molecule is COc1ccc(Cl)cc1N1C[C@H](C(=O)Oc2ccc(C=O)cc2)CC1=O. The zero-order valence-corrected chi connectivity index (χ0v) is 14.7. The molecule has 0 spiro atoms. The van der Waals surface area contributed by atoms with Crippen molar-refractivity contribution in [2.45, 2.75) is 6.42 Å². The number of ether oxygens (including phenoxy) is 2. The van der Waals surface area contributed by atoms with Crippen molar-refractivity contribution in [2.24, 2.45) is 5.92 Å². The average molecular weight is 374 g/mol. The van der Waals surface area contributed by atoms with Crippen molar-refractivity contribution in [1.29, 1.82) is 0 Å². The summed E-state index contributed by atoms with van der Waals surface area (Å²) in [6.45, 7) is 0.181. The predicted molar refractivity (Wildman–Crippen MR) is 95.9 cm³/mol. The second-order valence-electron chi connectivity index (χ2n) is 5.83. The van der Waals surface area contributed by atoms with E-state index in [4.69, 9.17) is 21.1 Å². The van der Waals surface area contributed by atoms with Gasteiger partial charge in [-0.15, -0.1) is 0 Å². The van der Waals surface area contributed by atoms with Gasteiger partial charge in [-0.3, -0.25) is 14.4 Å². The van der Waals surface area contributed by atoms with E-state index in [1.165, 1.54) is 24.1 Å². The lowest BCUT2D eigenvalue weighted by molar-refractivity contribution is -0.139. The van der Waals surface area contributed by atoms with Crippen molar-refractivity contribution in [3.63, 3.8) is 0 Å². The standard InChI is InChI=1S/C19H16ClNO5/c1-25-17-7-4-14(20)9-16(17)21-10-13(8-18(21)23)19(24)26-15-5-2-12(11-22)3-6-15/h2-7,9,11,13H,8,10H2,1H3/t13-/m1/s1. The summed E-state index contributed by atoms with van der Waals surface area (Å²) in [7, 11) is 1.50. The molecule has 26 heavy (non-hydrogen) atoms. The Morgan fingerprint density at radius 3 is 2.62 bits per heavy atom. The Hall–Kier alpha value is -2.86. The van der Waals surface area contributed by atoms with Gasteiger partial charge >= 0.3 is 5.97 Å². The van der Waals surface area contributed by atoms with Gasteiger partial charge in [0.05, 0.1) is 18.7 Å². The Morgan fingerprint density at radius 1 is 1.23 bits per heavy atom. The number of carbonyl (C=O) groups excluding carboxylic acids is 3. The number of anilines is 1. The minimum absolute atomic E-state index is 0.0426. The fourth-order valence-electron chi connectivity index (χ4n) is 2.79. The summed E-state index contributed by atoms with van der Waals surface area (Å²) < 4.78 is 10.6. The van der Waals surface area contributed by atoms with Gasteiger partial charge in [-0.2, -0.15) is 0 Å². The minimum atomic E-state index is -0.600. The molecule has 1 saturated heterocycles. The first-order valence-electron chi connectivity index (χ1n) is 7.92. The molecule has 0 saturated carbocycles. The summed E-state index contributed by atoms with van der Waals surface area (Å²) >= 11 is 6.02. The quantitative estimate of drug-likeness (QED) is 0.457. The highest BCUT2D eigenvalue weighted by molar-refractivity contribution is 6.31. The first-order valence-corrected chi connectivity index (χ1v) is 8.30. The van der Waals surface area contributed by atoms with E-state index in [1.807, 2.05) is 0 Å². The van der Waals surface area contributed by atoms with Crippen molar-refractivity contribution in [3.8, 4) is 11.5 Å². The van der Waals surface area contributed by atoms with Crippen LogP contribution in [0.3, 0.4) is 0 Å². The number of hydrogen-bond donors (Lipinski definition) is 0. The molecule has 0 aromatic heterocycles. The Kier molecular flexibility index (Phi) is 5.23. The van der Waals surface area contributed by atoms with Crippen LogP contribution in [0.5, 0.6) is 11.5 Å². The first kappa shape index (κ1) is 17.9. The van der Waals surface area contributed by atoms with E-state index in [0.29, 0.717) is 34.1 Å². The smallest absolute Gasteiger partial charge is 0.316 e. The molecule has 1 fully saturated rings. The molecule has 3 rings (SSSR count). The van der Waals surface area contributed by atoms with Gasteiger partial charge in [0.25, 0.3) is 0 Å². The number of rotatable bonds is 5. The molecule has 6 nitrogen and oxygen atoms in total. The number of hydrogen-bond acceptors (Lipinski definition) is 5. The van der Waals surface area contributed by atoms with Crippen molar-refractivity contribution in [2.75, 3.05) is 18.6 Å². The number of esters is 1. The highest BCUT2D eigenvalue weighted by Crippen LogP contribution is 2.35. The topological polar surface area (TPSA) is 72.9 Å². The van der Waals surface area contributed by atoms with E-state index in [2.05, 4.69) is 0 Å². The molecule has 1 atom stereocenters. The Labute approximate surface area is 155 Å². The van der Waals surface area contributed by atoms with Crippen LogP contribution < -0.4 is 14.4 Å². The van der Waals surface area contributed by atoms with Crippen LogP contribution in [0.4, 0.5) is 5.69 Å². The fourth-order valence-corrected chi connectivity index (χ4v) is 2.95. The number of carbonyl (C=O) groups is 3. The Bertz CT molecular complexity index is 850. The number of amides is 1. The number of halogens is 1. The Balaban J connectivity index is 1.73. The van der Waals surface area contributed by atoms with E-state index in [0.717, 1.165) is 0 Å². The molecule has 0 bridgehead atoms. The van der Waals surface area contributed by atoms with Gasteiger partial charge in [0, 0.05) is 23.6 Å². The van der Waals surface area contributed by atoms with Crippen LogP contribution in [0, 0.1) is 5.92 Å². The largest absolute Gasteiger partial charge is 0.495 e. The normalized spacial score (nSPS) is 16.5. The summed E-state index contributed by atoms with van der Waals surface area (Å²) in [6, 6.07) is 11.2. The van der Waals surface area contributed by atoms with Crippen molar-refractivity contribution < 1.29 is 23.9 Å². The maximum atomic E-state index is 12.4. The van der Waals surface area contributed by atoms with Gasteiger partial charge in [0.15, 0.2) is 0 Å². The Morgan fingerprint density at radius 2 is 1.96 bits per heavy atom. The third-order valence-corrected chi connectivity index (χ3v) is 4.36. The van der Waals surface area contributed by atoms with Crippen LogP contribution in [0.1, 0.15) is 16.8 Å². The number of nitrogens with zero attached hydrogens (tertiary/aromatic N) is 1. The molecule has 1 aliphatic heterocycles. The molecule has 0 aliphatic carbocycles. The van der Waals surface area contributed by atoms with Crippen LogP contribution in [0.2, 0.25) is 5.02 Å². The lowest BCUT2D eigenvalue weighted by Gasteiger charge is -2.19. The van der Waals surface area contributed by atoms with Gasteiger partial charge < -0.3 is 14.4 Å². The molecular weight excluding hydrogens is 358 g/mol. The zero-order valence-electron chi connectivity index (χ0n) is 14.0. The third kappa shape index (κ3) is 3.70. The van der Waals surface area contributed by atoms with E-state index in [1.54, 1.807) is 30.3 Å². The van der Waals surface area contributed by atoms with Gasteiger partial charge in [0.1, 0.15) is 17.8 Å².